The molecule has 0 unspecified atom stereocenters. The van der Waals surface area contributed by atoms with E-state index in [4.69, 9.17) is 7.85 Å². The molecule has 0 bridgehead atoms. The van der Waals surface area contributed by atoms with Gasteiger partial charge in [-0.05, 0) is 75.5 Å². The van der Waals surface area contributed by atoms with Crippen LogP contribution in [0.3, 0.4) is 0 Å². The molecule has 0 aliphatic carbocycles. The van der Waals surface area contributed by atoms with Gasteiger partial charge < -0.3 is 0 Å². The molecule has 0 N–H and O–H groups in total. The Labute approximate surface area is 241 Å². The third-order valence-corrected chi connectivity index (χ3v) is 8.74. The average molecular weight is 567 g/mol. The monoisotopic (exact) mass is 566 g/mol. The highest BCUT2D eigenvalue weighted by atomic mass is 79.9. The van der Waals surface area contributed by atoms with Gasteiger partial charge in [-0.2, -0.15) is 0 Å². The maximum Gasteiger partial charge on any atom is 0.114 e. The minimum Gasteiger partial charge on any atom is -0.0887 e. The number of aryl methyl sites for hydroxylation is 2. The zero-order valence-corrected chi connectivity index (χ0v) is 25.2. The van der Waals surface area contributed by atoms with Gasteiger partial charge in [-0.15, -0.1) is 0 Å². The summed E-state index contributed by atoms with van der Waals surface area (Å²) >= 11 is 3.93. The number of halogens is 1. The van der Waals surface area contributed by atoms with Crippen molar-refractivity contribution in [2.24, 2.45) is 0 Å². The molecule has 38 heavy (non-hydrogen) atoms. The SMILES string of the molecule is [B]c1cc(CCCCCCCC)c(-c2c(CCCCCCCC)cc(Br)c3ccccc23)c2ccccc12. The number of rotatable bonds is 15. The van der Waals surface area contributed by atoms with E-state index in [1.54, 1.807) is 0 Å². The zero-order chi connectivity index (χ0) is 26.7. The van der Waals surface area contributed by atoms with E-state index in [2.05, 4.69) is 90.4 Å². The molecule has 0 spiro atoms. The second-order valence-corrected chi connectivity index (χ2v) is 11.9. The quantitative estimate of drug-likeness (QED) is 0.0990. The number of hydrogen-bond acceptors (Lipinski definition) is 0. The Morgan fingerprint density at radius 1 is 0.526 bits per heavy atom. The summed E-state index contributed by atoms with van der Waals surface area (Å²) in [7, 11) is 6.68. The Bertz CT molecular complexity index is 1220. The molecule has 0 saturated heterocycles. The van der Waals surface area contributed by atoms with Crippen LogP contribution in [0.25, 0.3) is 32.7 Å². The fourth-order valence-electron chi connectivity index (χ4n) is 6.03. The molecular formula is C36H44BBr. The Morgan fingerprint density at radius 2 is 0.947 bits per heavy atom. The highest BCUT2D eigenvalue weighted by Gasteiger charge is 2.19. The predicted octanol–water partition coefficient (Wildman–Crippen LogP) is 11.0. The molecule has 0 saturated carbocycles. The molecule has 2 heteroatoms. The van der Waals surface area contributed by atoms with Gasteiger partial charge in [0.1, 0.15) is 7.85 Å². The number of fused-ring (bicyclic) bond motifs is 2. The lowest BCUT2D eigenvalue weighted by molar-refractivity contribution is 0.607. The minimum atomic E-state index is 0.907. The van der Waals surface area contributed by atoms with Crippen molar-refractivity contribution in [1.82, 2.24) is 0 Å². The first-order chi connectivity index (χ1) is 18.7. The lowest BCUT2D eigenvalue weighted by atomic mass is 9.79. The number of unbranched alkanes of at least 4 members (excludes halogenated alkanes) is 10. The largest absolute Gasteiger partial charge is 0.114 e. The molecule has 0 aliphatic heterocycles. The topological polar surface area (TPSA) is 0 Å². The van der Waals surface area contributed by atoms with Gasteiger partial charge in [0.2, 0.25) is 0 Å². The Kier molecular flexibility index (Phi) is 11.4. The van der Waals surface area contributed by atoms with E-state index in [1.807, 2.05) is 0 Å². The summed E-state index contributed by atoms with van der Waals surface area (Å²) in [6, 6.07) is 22.4. The molecule has 4 aromatic rings. The van der Waals surface area contributed by atoms with Gasteiger partial charge in [0, 0.05) is 4.47 Å². The summed E-state index contributed by atoms with van der Waals surface area (Å²) in [5, 5.41) is 5.11. The van der Waals surface area contributed by atoms with Gasteiger partial charge in [0.25, 0.3) is 0 Å². The van der Waals surface area contributed by atoms with Crippen molar-refractivity contribution in [3.8, 4) is 11.1 Å². The lowest BCUT2D eigenvalue weighted by Gasteiger charge is -2.22. The molecule has 0 heterocycles. The summed E-state index contributed by atoms with van der Waals surface area (Å²) in [5.74, 6) is 0. The van der Waals surface area contributed by atoms with E-state index < -0.39 is 0 Å². The van der Waals surface area contributed by atoms with E-state index in [9.17, 15) is 0 Å². The minimum absolute atomic E-state index is 0.907. The molecule has 198 valence electrons. The van der Waals surface area contributed by atoms with Crippen LogP contribution in [-0.4, -0.2) is 7.85 Å². The van der Waals surface area contributed by atoms with Crippen LogP contribution in [0.2, 0.25) is 0 Å². The third-order valence-electron chi connectivity index (χ3n) is 8.08. The van der Waals surface area contributed by atoms with E-state index in [0.29, 0.717) is 0 Å². The second-order valence-electron chi connectivity index (χ2n) is 11.0. The normalized spacial score (nSPS) is 11.6. The molecule has 2 radical (unpaired) electrons. The Hall–Kier alpha value is -2.06. The van der Waals surface area contributed by atoms with Crippen LogP contribution in [0.4, 0.5) is 0 Å². The molecule has 0 nitrogen and oxygen atoms in total. The van der Waals surface area contributed by atoms with Crippen molar-refractivity contribution < 1.29 is 0 Å². The van der Waals surface area contributed by atoms with Crippen LogP contribution in [0.15, 0.2) is 65.1 Å². The lowest BCUT2D eigenvalue weighted by Crippen LogP contribution is -2.09. The first kappa shape index (κ1) is 28.9. The van der Waals surface area contributed by atoms with Crippen LogP contribution in [-0.2, 0) is 12.8 Å². The fraction of sp³-hybridized carbons (Fsp3) is 0.444. The first-order valence-corrected chi connectivity index (χ1v) is 16.0. The molecule has 4 rings (SSSR count). The van der Waals surface area contributed by atoms with E-state index in [1.165, 1.54) is 125 Å². The van der Waals surface area contributed by atoms with Gasteiger partial charge >= 0.3 is 0 Å². The Morgan fingerprint density at radius 3 is 1.50 bits per heavy atom. The van der Waals surface area contributed by atoms with Crippen LogP contribution < -0.4 is 5.46 Å². The molecular weight excluding hydrogens is 523 g/mol. The summed E-state index contributed by atoms with van der Waals surface area (Å²) < 4.78 is 1.20. The maximum atomic E-state index is 6.68. The Balaban J connectivity index is 1.79. The van der Waals surface area contributed by atoms with Crippen molar-refractivity contribution in [2.45, 2.75) is 104 Å². The second kappa shape index (κ2) is 14.9. The van der Waals surface area contributed by atoms with Gasteiger partial charge in [0.15, 0.2) is 0 Å². The van der Waals surface area contributed by atoms with Gasteiger partial charge in [-0.25, -0.2) is 0 Å². The van der Waals surface area contributed by atoms with Crippen molar-refractivity contribution in [2.75, 3.05) is 0 Å². The molecule has 0 fully saturated rings. The molecule has 0 amide bonds. The van der Waals surface area contributed by atoms with E-state index in [-0.39, 0.29) is 0 Å². The average Bonchev–Trinajstić information content (AvgIpc) is 2.94. The fourth-order valence-corrected chi connectivity index (χ4v) is 6.65. The molecule has 0 aliphatic rings. The van der Waals surface area contributed by atoms with Crippen LogP contribution in [0.5, 0.6) is 0 Å². The van der Waals surface area contributed by atoms with Gasteiger partial charge in [0.05, 0.1) is 0 Å². The van der Waals surface area contributed by atoms with E-state index in [0.717, 1.165) is 18.3 Å². The van der Waals surface area contributed by atoms with Crippen LogP contribution in [0.1, 0.15) is 102 Å². The van der Waals surface area contributed by atoms with Crippen molar-refractivity contribution in [3.05, 3.63) is 76.3 Å². The van der Waals surface area contributed by atoms with Gasteiger partial charge in [-0.3, -0.25) is 0 Å². The molecule has 0 atom stereocenters. The van der Waals surface area contributed by atoms with Gasteiger partial charge in [-0.1, -0.05) is 154 Å². The number of benzene rings is 4. The standard InChI is InChI=1S/C36H44BBr/c1-3-5-7-9-11-13-19-27-25-33(37)29-21-15-17-23-31(29)35(27)36-28(20-14-12-10-8-6-4-2)26-34(38)30-22-16-18-24-32(30)36/h15-18,21-26H,3-14,19-20H2,1-2H3. The smallest absolute Gasteiger partial charge is 0.0887 e. The van der Waals surface area contributed by atoms with E-state index >= 15 is 0 Å². The van der Waals surface area contributed by atoms with Crippen LogP contribution in [0, 0.1) is 0 Å². The summed E-state index contributed by atoms with van der Waals surface area (Å²) in [4.78, 5) is 0. The summed E-state index contributed by atoms with van der Waals surface area (Å²) in [5.41, 5.74) is 6.62. The first-order valence-electron chi connectivity index (χ1n) is 15.2. The molecule has 4 aromatic carbocycles. The summed E-state index contributed by atoms with van der Waals surface area (Å²) in [6.07, 6.45) is 17.9. The highest BCUT2D eigenvalue weighted by Crippen LogP contribution is 2.42. The van der Waals surface area contributed by atoms with Crippen LogP contribution >= 0.6 is 15.9 Å². The zero-order valence-electron chi connectivity index (χ0n) is 23.6. The maximum absolute atomic E-state index is 6.68. The predicted molar refractivity (Wildman–Crippen MR) is 174 cm³/mol. The third kappa shape index (κ3) is 7.12. The number of hydrogen-bond donors (Lipinski definition) is 0. The molecule has 0 aromatic heterocycles. The van der Waals surface area contributed by atoms with Crippen molar-refractivity contribution in [3.63, 3.8) is 0 Å². The van der Waals surface area contributed by atoms with Crippen molar-refractivity contribution in [1.29, 1.82) is 0 Å². The van der Waals surface area contributed by atoms with Crippen molar-refractivity contribution >= 4 is 50.8 Å². The highest BCUT2D eigenvalue weighted by molar-refractivity contribution is 9.10. The summed E-state index contributed by atoms with van der Waals surface area (Å²) in [6.45, 7) is 4.58.